The highest BCUT2D eigenvalue weighted by Crippen LogP contribution is 2.07. The monoisotopic (exact) mass is 944 g/mol. The van der Waals surface area contributed by atoms with Gasteiger partial charge >= 0.3 is 0 Å². The molecule has 2 nitrogen and oxygen atoms in total. The third-order valence-electron chi connectivity index (χ3n) is 10.3. The molecule has 0 atom stereocenters. The van der Waals surface area contributed by atoms with E-state index in [4.69, 9.17) is 0 Å². The molecule has 0 bridgehead atoms. The summed E-state index contributed by atoms with van der Waals surface area (Å²) in [6.07, 6.45) is 21.9. The van der Waals surface area contributed by atoms with E-state index in [1.54, 1.807) is 0 Å². The first kappa shape index (κ1) is 68.0. The maximum Gasteiger partial charge on any atom is 0.216 e. The Hall–Kier alpha value is -6.25. The van der Waals surface area contributed by atoms with Gasteiger partial charge in [-0.25, -0.2) is 0 Å². The van der Waals surface area contributed by atoms with E-state index in [9.17, 15) is 4.79 Å². The van der Waals surface area contributed by atoms with Gasteiger partial charge in [0.25, 0.3) is 0 Å². The molecule has 0 saturated carbocycles. The normalized spacial score (nSPS) is 9.00. The highest BCUT2D eigenvalue weighted by atomic mass is 16.1. The third-order valence-corrected chi connectivity index (χ3v) is 10.3. The molecule has 1 amide bonds. The van der Waals surface area contributed by atoms with Gasteiger partial charge in [-0.3, -0.25) is 4.79 Å². The fourth-order valence-electron chi connectivity index (χ4n) is 5.89. The van der Waals surface area contributed by atoms with Crippen LogP contribution >= 0.6 is 0 Å². The fraction of sp³-hybridized carbons (Fsp3) is 0.338. The zero-order chi connectivity index (χ0) is 51.8. The van der Waals surface area contributed by atoms with Crippen LogP contribution in [-0.4, -0.2) is 12.5 Å². The minimum absolute atomic E-state index is 0. The van der Waals surface area contributed by atoms with E-state index in [-0.39, 0.29) is 13.3 Å². The summed E-state index contributed by atoms with van der Waals surface area (Å²) >= 11 is 0. The van der Waals surface area contributed by atoms with E-state index in [1.165, 1.54) is 108 Å². The molecule has 0 aliphatic carbocycles. The SMILES string of the molecule is C.C=Cc1ccc(C)cc1.C=Cc1cccc(C)c1.C=Cc1cccc(C)c1.C=Cc1ccccc1.CCCCCCCCC.CCCCNC(C)=O.CCc1ccc(C)cc1.CCc1ccccc1. The molecule has 1 N–H and O–H groups in total. The molecule has 0 fully saturated rings. The highest BCUT2D eigenvalue weighted by molar-refractivity contribution is 5.72. The average molecular weight is 945 g/mol. The number of rotatable bonds is 15. The van der Waals surface area contributed by atoms with E-state index in [0.717, 1.165) is 32.2 Å². The van der Waals surface area contributed by atoms with Crippen LogP contribution in [0.2, 0.25) is 0 Å². The second-order valence-electron chi connectivity index (χ2n) is 16.7. The van der Waals surface area contributed by atoms with Crippen molar-refractivity contribution < 1.29 is 4.79 Å². The lowest BCUT2D eigenvalue weighted by atomic mass is 10.1. The van der Waals surface area contributed by atoms with Gasteiger partial charge in [-0.2, -0.15) is 0 Å². The van der Waals surface area contributed by atoms with Gasteiger partial charge in [0.1, 0.15) is 0 Å². The maximum atomic E-state index is 10.2. The zero-order valence-electron chi connectivity index (χ0n) is 45.0. The summed E-state index contributed by atoms with van der Waals surface area (Å²) in [5, 5.41) is 2.71. The van der Waals surface area contributed by atoms with Crippen LogP contribution in [0.3, 0.4) is 0 Å². The lowest BCUT2D eigenvalue weighted by Crippen LogP contribution is -2.20. The summed E-state index contributed by atoms with van der Waals surface area (Å²) in [4.78, 5) is 10.2. The number of nitrogens with one attached hydrogen (secondary N) is 1. The predicted octanol–water partition coefficient (Wildman–Crippen LogP) is 20.4. The largest absolute Gasteiger partial charge is 0.356 e. The van der Waals surface area contributed by atoms with Gasteiger partial charge in [0, 0.05) is 13.5 Å². The van der Waals surface area contributed by atoms with Crippen molar-refractivity contribution in [3.8, 4) is 0 Å². The van der Waals surface area contributed by atoms with Crippen LogP contribution in [0, 0.1) is 27.7 Å². The van der Waals surface area contributed by atoms with Gasteiger partial charge in [-0.05, 0) is 80.3 Å². The smallest absolute Gasteiger partial charge is 0.216 e. The molecular formula is C68H97NO. The first-order valence-electron chi connectivity index (χ1n) is 25.4. The van der Waals surface area contributed by atoms with Crippen molar-refractivity contribution in [2.45, 2.75) is 147 Å². The molecule has 0 unspecified atom stereocenters. The number of aryl methyl sites for hydroxylation is 6. The average Bonchev–Trinajstić information content (AvgIpc) is 3.38. The van der Waals surface area contributed by atoms with E-state index >= 15 is 0 Å². The van der Waals surface area contributed by atoms with E-state index in [0.29, 0.717) is 0 Å². The Morgan fingerprint density at radius 1 is 0.400 bits per heavy atom. The van der Waals surface area contributed by atoms with E-state index in [2.05, 4.69) is 191 Å². The summed E-state index contributed by atoms with van der Waals surface area (Å²) in [5.74, 6) is 0.0680. The van der Waals surface area contributed by atoms with E-state index < -0.39 is 0 Å². The Bertz CT molecular complexity index is 2060. The molecule has 0 aliphatic rings. The summed E-state index contributed by atoms with van der Waals surface area (Å²) in [6, 6.07) is 53.9. The molecule has 2 heteroatoms. The number of unbranched alkanes of at least 4 members (excludes halogenated alkanes) is 7. The molecule has 6 aromatic carbocycles. The number of carbonyl (C=O) groups is 1. The lowest BCUT2D eigenvalue weighted by molar-refractivity contribution is -0.118. The molecule has 0 radical (unpaired) electrons. The van der Waals surface area contributed by atoms with Crippen molar-refractivity contribution in [2.24, 2.45) is 0 Å². The second kappa shape index (κ2) is 49.2. The minimum Gasteiger partial charge on any atom is -0.356 e. The molecule has 380 valence electrons. The lowest BCUT2D eigenvalue weighted by Gasteiger charge is -1.96. The van der Waals surface area contributed by atoms with E-state index in [1.807, 2.05) is 85.0 Å². The van der Waals surface area contributed by atoms with Gasteiger partial charge in [0.05, 0.1) is 0 Å². The quantitative estimate of drug-likeness (QED) is 0.102. The number of carbonyl (C=O) groups excluding carboxylic acids is 1. The number of benzene rings is 6. The first-order valence-corrected chi connectivity index (χ1v) is 25.4. The molecule has 0 saturated heterocycles. The topological polar surface area (TPSA) is 29.1 Å². The Balaban J connectivity index is -0.000000732. The van der Waals surface area contributed by atoms with Crippen LogP contribution in [0.4, 0.5) is 0 Å². The van der Waals surface area contributed by atoms with Crippen molar-refractivity contribution in [1.82, 2.24) is 5.32 Å². The molecule has 70 heavy (non-hydrogen) atoms. The second-order valence-corrected chi connectivity index (χ2v) is 16.7. The molecule has 0 heterocycles. The molecular weight excluding hydrogens is 847 g/mol. The summed E-state index contributed by atoms with van der Waals surface area (Å²) in [6.45, 7) is 36.3. The minimum atomic E-state index is 0. The third kappa shape index (κ3) is 43.1. The fourth-order valence-corrected chi connectivity index (χ4v) is 5.89. The van der Waals surface area contributed by atoms with Crippen molar-refractivity contribution in [2.75, 3.05) is 6.54 Å². The Morgan fingerprint density at radius 3 is 1.06 bits per heavy atom. The van der Waals surface area contributed by atoms with Crippen molar-refractivity contribution >= 4 is 30.2 Å². The zero-order valence-corrected chi connectivity index (χ0v) is 45.0. The van der Waals surface area contributed by atoms with Crippen LogP contribution < -0.4 is 5.32 Å². The number of hydrogen-bond donors (Lipinski definition) is 1. The van der Waals surface area contributed by atoms with Crippen LogP contribution in [-0.2, 0) is 17.6 Å². The van der Waals surface area contributed by atoms with Crippen LogP contribution in [0.1, 0.15) is 162 Å². The van der Waals surface area contributed by atoms with Gasteiger partial charge in [0.2, 0.25) is 5.91 Å². The van der Waals surface area contributed by atoms with Gasteiger partial charge in [-0.1, -0.05) is 324 Å². The predicted molar refractivity (Wildman–Crippen MR) is 321 cm³/mol. The van der Waals surface area contributed by atoms with Crippen LogP contribution in [0.5, 0.6) is 0 Å². The standard InChI is InChI=1S/C9H12.3C9H10.C9H20.C8H10.C8H8.C6H13NO.CH4/c2*1-3-9-6-4-8(2)5-7-9;2*1-3-9-6-4-5-8(2)7-9;1-3-5-7-9-8-6-4-2;2*1-2-8-6-4-3-5-7-8;1-3-4-5-7-6(2)8;/h4-7H,3H2,1-2H3;3*3-7H,1H2,2H3;3-9H2,1-2H3;3-7H,2H2,1H3;2-7H,1H2;3-5H2,1-2H3,(H,7,8);1H4. The van der Waals surface area contributed by atoms with Crippen LogP contribution in [0.25, 0.3) is 24.3 Å². The maximum absolute atomic E-state index is 10.2. The molecule has 6 aromatic rings. The number of amides is 1. The van der Waals surface area contributed by atoms with Gasteiger partial charge in [-0.15, -0.1) is 0 Å². The van der Waals surface area contributed by atoms with Crippen molar-refractivity contribution in [3.63, 3.8) is 0 Å². The van der Waals surface area contributed by atoms with Gasteiger partial charge in [0.15, 0.2) is 0 Å². The summed E-state index contributed by atoms with van der Waals surface area (Å²) in [5.41, 5.74) is 12.8. The molecule has 6 rings (SSSR count). The first-order chi connectivity index (χ1) is 33.4. The van der Waals surface area contributed by atoms with Crippen LogP contribution in [0.15, 0.2) is 184 Å². The Labute approximate surface area is 431 Å². The molecule has 0 aliphatic heterocycles. The molecule has 0 aromatic heterocycles. The highest BCUT2D eigenvalue weighted by Gasteiger charge is 1.89. The summed E-state index contributed by atoms with van der Waals surface area (Å²) in [7, 11) is 0. The summed E-state index contributed by atoms with van der Waals surface area (Å²) < 4.78 is 0. The van der Waals surface area contributed by atoms with Crippen molar-refractivity contribution in [3.05, 3.63) is 240 Å². The molecule has 0 spiro atoms. The number of hydrogen-bond acceptors (Lipinski definition) is 1. The van der Waals surface area contributed by atoms with Crippen molar-refractivity contribution in [1.29, 1.82) is 0 Å². The Kier molecular flexibility index (Phi) is 47.8. The van der Waals surface area contributed by atoms with Gasteiger partial charge < -0.3 is 5.32 Å². The Morgan fingerprint density at radius 2 is 0.743 bits per heavy atom.